The van der Waals surface area contributed by atoms with Crippen molar-refractivity contribution in [3.63, 3.8) is 0 Å². The van der Waals surface area contributed by atoms with E-state index in [1.54, 1.807) is 12.5 Å². The van der Waals surface area contributed by atoms with E-state index >= 15 is 0 Å². The fourth-order valence-corrected chi connectivity index (χ4v) is 2.75. The van der Waals surface area contributed by atoms with Crippen molar-refractivity contribution in [3.8, 4) is 0 Å². The van der Waals surface area contributed by atoms with E-state index in [9.17, 15) is 5.11 Å². The molecule has 0 aliphatic carbocycles. The molecule has 3 atom stereocenters. The molecule has 0 amide bonds. The molecule has 0 bridgehead atoms. The van der Waals surface area contributed by atoms with Crippen LogP contribution in [-0.4, -0.2) is 16.8 Å². The van der Waals surface area contributed by atoms with Crippen LogP contribution in [0.2, 0.25) is 0 Å². The molecule has 102 valence electrons. The third-order valence-corrected chi connectivity index (χ3v) is 3.62. The lowest BCUT2D eigenvalue weighted by molar-refractivity contribution is -0.0400. The third-order valence-electron chi connectivity index (χ3n) is 3.62. The van der Waals surface area contributed by atoms with Crippen LogP contribution in [-0.2, 0) is 4.74 Å². The Kier molecular flexibility index (Phi) is 4.13. The molecular formula is C15H24O3. The standard InChI is InChI=1S/C15H24O3/c1-11(2)8-13-9-15(3,16)6-4-14(18-13)12-5-7-17-10-12/h5,7,10-11,13-14,16H,4,6,8-9H2,1-3H3. The molecule has 1 N–H and O–H groups in total. The average molecular weight is 252 g/mol. The van der Waals surface area contributed by atoms with Crippen LogP contribution < -0.4 is 0 Å². The van der Waals surface area contributed by atoms with E-state index in [1.165, 1.54) is 0 Å². The molecule has 0 aromatic carbocycles. The Bertz CT molecular complexity index is 354. The van der Waals surface area contributed by atoms with E-state index < -0.39 is 5.60 Å². The molecule has 18 heavy (non-hydrogen) atoms. The highest BCUT2D eigenvalue weighted by Crippen LogP contribution is 2.36. The molecule has 2 heterocycles. The number of aliphatic hydroxyl groups is 1. The van der Waals surface area contributed by atoms with E-state index in [-0.39, 0.29) is 12.2 Å². The highest BCUT2D eigenvalue weighted by molar-refractivity contribution is 5.10. The van der Waals surface area contributed by atoms with Crippen molar-refractivity contribution in [2.45, 2.75) is 64.3 Å². The summed E-state index contributed by atoms with van der Waals surface area (Å²) in [5.74, 6) is 0.578. The number of furan rings is 1. The Hall–Kier alpha value is -0.800. The number of hydrogen-bond acceptors (Lipinski definition) is 3. The monoisotopic (exact) mass is 252 g/mol. The Morgan fingerprint density at radius 3 is 2.89 bits per heavy atom. The lowest BCUT2D eigenvalue weighted by atomic mass is 9.90. The number of rotatable bonds is 3. The van der Waals surface area contributed by atoms with Gasteiger partial charge >= 0.3 is 0 Å². The summed E-state index contributed by atoms with van der Waals surface area (Å²) in [5.41, 5.74) is 0.472. The third kappa shape index (κ3) is 3.59. The lowest BCUT2D eigenvalue weighted by Gasteiger charge is -2.26. The Labute approximate surface area is 109 Å². The topological polar surface area (TPSA) is 42.6 Å². The maximum Gasteiger partial charge on any atom is 0.0960 e. The smallest absolute Gasteiger partial charge is 0.0960 e. The fourth-order valence-electron chi connectivity index (χ4n) is 2.75. The first-order valence-electron chi connectivity index (χ1n) is 6.86. The van der Waals surface area contributed by atoms with Crippen LogP contribution >= 0.6 is 0 Å². The minimum absolute atomic E-state index is 0.0569. The summed E-state index contributed by atoms with van der Waals surface area (Å²) in [7, 11) is 0. The second-order valence-electron chi connectivity index (χ2n) is 6.17. The Balaban J connectivity index is 2.10. The molecule has 0 radical (unpaired) electrons. The number of hydrogen-bond donors (Lipinski definition) is 1. The van der Waals surface area contributed by atoms with Crippen LogP contribution in [0.1, 0.15) is 58.1 Å². The zero-order chi connectivity index (χ0) is 13.2. The van der Waals surface area contributed by atoms with Gasteiger partial charge in [-0.25, -0.2) is 0 Å². The first-order valence-corrected chi connectivity index (χ1v) is 6.86. The van der Waals surface area contributed by atoms with Crippen molar-refractivity contribution < 1.29 is 14.3 Å². The summed E-state index contributed by atoms with van der Waals surface area (Å²) in [6, 6.07) is 1.96. The largest absolute Gasteiger partial charge is 0.472 e. The molecule has 0 spiro atoms. The molecule has 3 nitrogen and oxygen atoms in total. The van der Waals surface area contributed by atoms with Gasteiger partial charge in [-0.1, -0.05) is 13.8 Å². The van der Waals surface area contributed by atoms with Crippen LogP contribution in [0.4, 0.5) is 0 Å². The second-order valence-corrected chi connectivity index (χ2v) is 6.17. The van der Waals surface area contributed by atoms with Gasteiger partial charge in [0.2, 0.25) is 0 Å². The molecule has 1 aromatic heterocycles. The maximum atomic E-state index is 10.3. The van der Waals surface area contributed by atoms with Crippen molar-refractivity contribution >= 4 is 0 Å². The summed E-state index contributed by atoms with van der Waals surface area (Å²) in [5, 5.41) is 10.3. The molecule has 1 saturated heterocycles. The van der Waals surface area contributed by atoms with E-state index in [4.69, 9.17) is 9.15 Å². The molecule has 1 aliphatic heterocycles. The Morgan fingerprint density at radius 2 is 2.28 bits per heavy atom. The normalized spacial score (nSPS) is 33.6. The fraction of sp³-hybridized carbons (Fsp3) is 0.733. The zero-order valence-electron chi connectivity index (χ0n) is 11.6. The van der Waals surface area contributed by atoms with Crippen LogP contribution in [0, 0.1) is 5.92 Å². The van der Waals surface area contributed by atoms with Gasteiger partial charge in [0.15, 0.2) is 0 Å². The average Bonchev–Trinajstić information content (AvgIpc) is 2.71. The van der Waals surface area contributed by atoms with Crippen LogP contribution in [0.15, 0.2) is 23.0 Å². The molecular weight excluding hydrogens is 228 g/mol. The minimum atomic E-state index is -0.613. The van der Waals surface area contributed by atoms with Gasteiger partial charge in [0.25, 0.3) is 0 Å². The van der Waals surface area contributed by atoms with Crippen LogP contribution in [0.25, 0.3) is 0 Å². The van der Waals surface area contributed by atoms with E-state index in [2.05, 4.69) is 13.8 Å². The van der Waals surface area contributed by atoms with Crippen molar-refractivity contribution in [3.05, 3.63) is 24.2 Å². The maximum absolute atomic E-state index is 10.3. The number of ether oxygens (including phenoxy) is 1. The van der Waals surface area contributed by atoms with Gasteiger partial charge in [-0.05, 0) is 38.2 Å². The molecule has 1 fully saturated rings. The SMILES string of the molecule is CC(C)CC1CC(C)(O)CCC(c2ccoc2)O1. The van der Waals surface area contributed by atoms with Crippen molar-refractivity contribution in [2.24, 2.45) is 5.92 Å². The molecule has 1 aromatic rings. The van der Waals surface area contributed by atoms with Gasteiger partial charge < -0.3 is 14.3 Å². The van der Waals surface area contributed by atoms with Crippen LogP contribution in [0.3, 0.4) is 0 Å². The quantitative estimate of drug-likeness (QED) is 0.892. The van der Waals surface area contributed by atoms with Gasteiger partial charge in [-0.15, -0.1) is 0 Å². The molecule has 3 unspecified atom stereocenters. The highest BCUT2D eigenvalue weighted by Gasteiger charge is 2.33. The first kappa shape index (κ1) is 13.6. The predicted octanol–water partition coefficient (Wildman–Crippen LogP) is 3.69. The molecule has 1 aliphatic rings. The van der Waals surface area contributed by atoms with Gasteiger partial charge in [0, 0.05) is 12.0 Å². The van der Waals surface area contributed by atoms with Crippen LogP contribution in [0.5, 0.6) is 0 Å². The van der Waals surface area contributed by atoms with Gasteiger partial charge in [-0.3, -0.25) is 0 Å². The second kappa shape index (κ2) is 5.45. The molecule has 0 saturated carbocycles. The van der Waals surface area contributed by atoms with Gasteiger partial charge in [0.05, 0.1) is 30.3 Å². The molecule has 3 heteroatoms. The van der Waals surface area contributed by atoms with Gasteiger partial charge in [0.1, 0.15) is 0 Å². The predicted molar refractivity (Wildman–Crippen MR) is 70.3 cm³/mol. The lowest BCUT2D eigenvalue weighted by Crippen LogP contribution is -2.29. The van der Waals surface area contributed by atoms with E-state index in [0.29, 0.717) is 5.92 Å². The van der Waals surface area contributed by atoms with Crippen molar-refractivity contribution in [2.75, 3.05) is 0 Å². The molecule has 2 rings (SSSR count). The summed E-state index contributed by atoms with van der Waals surface area (Å²) < 4.78 is 11.3. The van der Waals surface area contributed by atoms with Crippen molar-refractivity contribution in [1.29, 1.82) is 0 Å². The van der Waals surface area contributed by atoms with E-state index in [0.717, 1.165) is 31.2 Å². The summed E-state index contributed by atoms with van der Waals surface area (Å²) in [4.78, 5) is 0. The van der Waals surface area contributed by atoms with Gasteiger partial charge in [-0.2, -0.15) is 0 Å². The highest BCUT2D eigenvalue weighted by atomic mass is 16.5. The zero-order valence-corrected chi connectivity index (χ0v) is 11.6. The van der Waals surface area contributed by atoms with Crippen molar-refractivity contribution in [1.82, 2.24) is 0 Å². The first-order chi connectivity index (χ1) is 8.46. The van der Waals surface area contributed by atoms with E-state index in [1.807, 2.05) is 13.0 Å². The Morgan fingerprint density at radius 1 is 1.50 bits per heavy atom. The summed E-state index contributed by atoms with van der Waals surface area (Å²) in [6.45, 7) is 6.30. The summed E-state index contributed by atoms with van der Waals surface area (Å²) >= 11 is 0. The summed E-state index contributed by atoms with van der Waals surface area (Å²) in [6.07, 6.45) is 6.95. The minimum Gasteiger partial charge on any atom is -0.472 e.